The number of sulfonamides is 1. The van der Waals surface area contributed by atoms with E-state index in [-0.39, 0.29) is 16.2 Å². The molecule has 0 aliphatic carbocycles. The second-order valence-corrected chi connectivity index (χ2v) is 8.05. The van der Waals surface area contributed by atoms with Crippen LogP contribution >= 0.6 is 0 Å². The van der Waals surface area contributed by atoms with Crippen LogP contribution < -0.4 is 4.72 Å². The van der Waals surface area contributed by atoms with Gasteiger partial charge >= 0.3 is 5.97 Å². The van der Waals surface area contributed by atoms with Crippen molar-refractivity contribution in [3.63, 3.8) is 0 Å². The first-order valence-corrected chi connectivity index (χ1v) is 10.1. The lowest BCUT2D eigenvalue weighted by molar-refractivity contribution is 0.0474. The normalized spacial score (nSPS) is 12.4. The maximum Gasteiger partial charge on any atom is 0.338 e. The largest absolute Gasteiger partial charge is 0.454 e. The molecule has 0 aliphatic heterocycles. The predicted molar refractivity (Wildman–Crippen MR) is 102 cm³/mol. The van der Waals surface area contributed by atoms with Gasteiger partial charge in [-0.05, 0) is 43.1 Å². The highest BCUT2D eigenvalue weighted by atomic mass is 32.2. The fourth-order valence-corrected chi connectivity index (χ4v) is 3.21. The molecular weight excluding hydrogens is 366 g/mol. The topological polar surface area (TPSA) is 89.5 Å². The number of esters is 1. The van der Waals surface area contributed by atoms with Gasteiger partial charge in [0.25, 0.3) is 0 Å². The molecule has 0 spiro atoms. The van der Waals surface area contributed by atoms with Crippen molar-refractivity contribution in [3.05, 3.63) is 65.2 Å². The van der Waals surface area contributed by atoms with Crippen LogP contribution in [0.15, 0.2) is 53.4 Å². The number of rotatable bonds is 8. The molecule has 6 nitrogen and oxygen atoms in total. The molecule has 0 aliphatic rings. The molecule has 0 bridgehead atoms. The van der Waals surface area contributed by atoms with Crippen molar-refractivity contribution in [1.82, 2.24) is 4.72 Å². The van der Waals surface area contributed by atoms with Gasteiger partial charge in [-0.3, -0.25) is 4.79 Å². The Bertz CT molecular complexity index is 920. The van der Waals surface area contributed by atoms with Gasteiger partial charge in [0.15, 0.2) is 12.4 Å². The SMILES string of the molecule is CC[C@H](C)c1ccc(C(=O)COC(=O)c2cccc(S(=O)(=O)NC)c2)cc1. The van der Waals surface area contributed by atoms with Gasteiger partial charge in [0.1, 0.15) is 0 Å². The fraction of sp³-hybridized carbons (Fsp3) is 0.300. The summed E-state index contributed by atoms with van der Waals surface area (Å²) in [6.45, 7) is 3.80. The molecule has 144 valence electrons. The van der Waals surface area contributed by atoms with E-state index in [1.165, 1.54) is 31.3 Å². The van der Waals surface area contributed by atoms with Crippen LogP contribution in [0.2, 0.25) is 0 Å². The van der Waals surface area contributed by atoms with E-state index in [0.717, 1.165) is 12.0 Å². The van der Waals surface area contributed by atoms with Gasteiger partial charge in [0.05, 0.1) is 10.5 Å². The van der Waals surface area contributed by atoms with Crippen LogP contribution in [0, 0.1) is 0 Å². The minimum Gasteiger partial charge on any atom is -0.454 e. The Morgan fingerprint density at radius 2 is 1.74 bits per heavy atom. The summed E-state index contributed by atoms with van der Waals surface area (Å²) < 4.78 is 30.8. The molecule has 0 radical (unpaired) electrons. The van der Waals surface area contributed by atoms with E-state index < -0.39 is 22.6 Å². The Hall–Kier alpha value is -2.51. The molecule has 0 saturated carbocycles. The van der Waals surface area contributed by atoms with Gasteiger partial charge < -0.3 is 4.74 Å². The maximum absolute atomic E-state index is 12.2. The molecule has 0 heterocycles. The second kappa shape index (κ2) is 8.92. The van der Waals surface area contributed by atoms with E-state index in [1.54, 1.807) is 12.1 Å². The first kappa shape index (κ1) is 20.8. The summed E-state index contributed by atoms with van der Waals surface area (Å²) in [5, 5.41) is 0. The summed E-state index contributed by atoms with van der Waals surface area (Å²) in [7, 11) is -2.38. The highest BCUT2D eigenvalue weighted by molar-refractivity contribution is 7.89. The molecule has 0 amide bonds. The fourth-order valence-electron chi connectivity index (χ4n) is 2.44. The van der Waals surface area contributed by atoms with Crippen LogP contribution in [-0.2, 0) is 14.8 Å². The minimum atomic E-state index is -3.67. The van der Waals surface area contributed by atoms with Crippen LogP contribution in [0.25, 0.3) is 0 Å². The maximum atomic E-state index is 12.2. The molecule has 2 aromatic rings. The number of carbonyl (C=O) groups is 2. The van der Waals surface area contributed by atoms with Crippen LogP contribution in [0.5, 0.6) is 0 Å². The van der Waals surface area contributed by atoms with Crippen LogP contribution in [0.3, 0.4) is 0 Å². The predicted octanol–water partition coefficient (Wildman–Crippen LogP) is 3.15. The van der Waals surface area contributed by atoms with Crippen molar-refractivity contribution >= 4 is 21.8 Å². The third kappa shape index (κ3) is 5.24. The molecule has 1 N–H and O–H groups in total. The molecule has 2 aromatic carbocycles. The number of Topliss-reactive ketones (excluding diaryl/α,β-unsaturated/α-hetero) is 1. The Labute approximate surface area is 159 Å². The van der Waals surface area contributed by atoms with Crippen molar-refractivity contribution < 1.29 is 22.7 Å². The first-order chi connectivity index (χ1) is 12.8. The lowest BCUT2D eigenvalue weighted by Gasteiger charge is -2.10. The standard InChI is InChI=1S/C20H23NO5S/c1-4-14(2)15-8-10-16(11-9-15)19(22)13-26-20(23)17-6-5-7-18(12-17)27(24,25)21-3/h5-12,14,21H,4,13H2,1-3H3/t14-/m0/s1. The van der Waals surface area contributed by atoms with Crippen molar-refractivity contribution in [2.45, 2.75) is 31.1 Å². The summed E-state index contributed by atoms with van der Waals surface area (Å²) in [6.07, 6.45) is 1.01. The molecule has 1 atom stereocenters. The lowest BCUT2D eigenvalue weighted by atomic mass is 9.97. The zero-order valence-corrected chi connectivity index (χ0v) is 16.4. The molecule has 0 aromatic heterocycles. The average Bonchev–Trinajstić information content (AvgIpc) is 2.71. The van der Waals surface area contributed by atoms with Gasteiger partial charge in [-0.2, -0.15) is 0 Å². The van der Waals surface area contributed by atoms with Gasteiger partial charge in [0.2, 0.25) is 10.0 Å². The number of nitrogens with one attached hydrogen (secondary N) is 1. The zero-order valence-electron chi connectivity index (χ0n) is 15.6. The van der Waals surface area contributed by atoms with Gasteiger partial charge in [-0.15, -0.1) is 0 Å². The van der Waals surface area contributed by atoms with Crippen molar-refractivity contribution in [2.24, 2.45) is 0 Å². The number of ketones is 1. The zero-order chi connectivity index (χ0) is 20.0. The Kier molecular flexibility index (Phi) is 6.87. The molecule has 0 fully saturated rings. The Morgan fingerprint density at radius 1 is 1.07 bits per heavy atom. The lowest BCUT2D eigenvalue weighted by Crippen LogP contribution is -2.19. The minimum absolute atomic E-state index is 0.0496. The smallest absolute Gasteiger partial charge is 0.338 e. The highest BCUT2D eigenvalue weighted by Crippen LogP contribution is 2.19. The molecular formula is C20H23NO5S. The van der Waals surface area contributed by atoms with Crippen molar-refractivity contribution in [3.8, 4) is 0 Å². The molecule has 0 unspecified atom stereocenters. The Balaban J connectivity index is 2.03. The van der Waals surface area contributed by atoms with E-state index >= 15 is 0 Å². The number of ether oxygens (including phenoxy) is 1. The molecule has 2 rings (SSSR count). The molecule has 7 heteroatoms. The van der Waals surface area contributed by atoms with Crippen molar-refractivity contribution in [1.29, 1.82) is 0 Å². The van der Waals surface area contributed by atoms with Gasteiger partial charge in [-0.1, -0.05) is 44.2 Å². The highest BCUT2D eigenvalue weighted by Gasteiger charge is 2.16. The summed E-state index contributed by atoms with van der Waals surface area (Å²) >= 11 is 0. The van der Waals surface area contributed by atoms with Crippen molar-refractivity contribution in [2.75, 3.05) is 13.7 Å². The van der Waals surface area contributed by atoms with Crippen LogP contribution in [0.1, 0.15) is 52.5 Å². The third-order valence-electron chi connectivity index (χ3n) is 4.40. The van der Waals surface area contributed by atoms with Crippen LogP contribution in [0.4, 0.5) is 0 Å². The first-order valence-electron chi connectivity index (χ1n) is 8.62. The number of carbonyl (C=O) groups excluding carboxylic acids is 2. The summed E-state index contributed by atoms with van der Waals surface area (Å²) in [5.41, 5.74) is 1.67. The van der Waals surface area contributed by atoms with E-state index in [4.69, 9.17) is 4.74 Å². The van der Waals surface area contributed by atoms with E-state index in [0.29, 0.717) is 11.5 Å². The quantitative estimate of drug-likeness (QED) is 0.553. The second-order valence-electron chi connectivity index (χ2n) is 6.17. The van der Waals surface area contributed by atoms with E-state index in [2.05, 4.69) is 18.6 Å². The van der Waals surface area contributed by atoms with Gasteiger partial charge in [-0.25, -0.2) is 17.9 Å². The molecule has 27 heavy (non-hydrogen) atoms. The summed E-state index contributed by atoms with van der Waals surface area (Å²) in [5.74, 6) is -0.668. The number of hydrogen-bond acceptors (Lipinski definition) is 5. The Morgan fingerprint density at radius 3 is 2.33 bits per heavy atom. The third-order valence-corrected chi connectivity index (χ3v) is 5.81. The van der Waals surface area contributed by atoms with Gasteiger partial charge in [0, 0.05) is 5.56 Å². The summed E-state index contributed by atoms with van der Waals surface area (Å²) in [6, 6.07) is 12.7. The molecule has 0 saturated heterocycles. The number of hydrogen-bond donors (Lipinski definition) is 1. The van der Waals surface area contributed by atoms with E-state index in [9.17, 15) is 18.0 Å². The summed E-state index contributed by atoms with van der Waals surface area (Å²) in [4.78, 5) is 24.3. The van der Waals surface area contributed by atoms with Crippen LogP contribution in [-0.4, -0.2) is 33.8 Å². The monoisotopic (exact) mass is 389 g/mol. The average molecular weight is 389 g/mol. The van der Waals surface area contributed by atoms with E-state index in [1.807, 2.05) is 12.1 Å². The number of benzene rings is 2.